The van der Waals surface area contributed by atoms with Gasteiger partial charge in [0.05, 0.1) is 18.0 Å². The van der Waals surface area contributed by atoms with Crippen LogP contribution in [-0.2, 0) is 0 Å². The Morgan fingerprint density at radius 3 is 2.54 bits per heavy atom. The normalized spacial score (nSPS) is 10.6. The molecule has 0 aliphatic carbocycles. The van der Waals surface area contributed by atoms with Crippen LogP contribution in [0, 0.1) is 20.8 Å². The minimum atomic E-state index is -0.270. The molecule has 1 heterocycles. The van der Waals surface area contributed by atoms with Crippen LogP contribution in [0.25, 0.3) is 5.69 Å². The number of amides is 1. The zero-order valence-electron chi connectivity index (χ0n) is 15.4. The molecule has 0 atom stereocenters. The highest BCUT2D eigenvalue weighted by atomic mass is 16.5. The third kappa shape index (κ3) is 3.44. The Kier molecular flexibility index (Phi) is 5.02. The van der Waals surface area contributed by atoms with Gasteiger partial charge in [-0.25, -0.2) is 4.68 Å². The van der Waals surface area contributed by atoms with E-state index in [-0.39, 0.29) is 5.91 Å². The van der Waals surface area contributed by atoms with Gasteiger partial charge in [-0.05, 0) is 69.2 Å². The number of rotatable bonds is 5. The standard InChI is InChI=1S/C20H22N4O2/c1-5-26-17-11-9-16(10-12-17)24-15(4)19(22-23-24)20(25)21-18-8-6-7-13(2)14(18)3/h6-12H,5H2,1-4H3,(H,21,25). The van der Waals surface area contributed by atoms with Crippen molar-refractivity contribution < 1.29 is 9.53 Å². The van der Waals surface area contributed by atoms with Crippen LogP contribution in [0.5, 0.6) is 5.75 Å². The first-order valence-corrected chi connectivity index (χ1v) is 8.54. The van der Waals surface area contributed by atoms with Gasteiger partial charge in [0.15, 0.2) is 5.69 Å². The summed E-state index contributed by atoms with van der Waals surface area (Å²) in [5.74, 6) is 0.523. The van der Waals surface area contributed by atoms with Crippen molar-refractivity contribution in [1.29, 1.82) is 0 Å². The van der Waals surface area contributed by atoms with Crippen molar-refractivity contribution in [3.8, 4) is 11.4 Å². The van der Waals surface area contributed by atoms with Gasteiger partial charge in [-0.15, -0.1) is 5.10 Å². The van der Waals surface area contributed by atoms with Gasteiger partial charge >= 0.3 is 0 Å². The second-order valence-electron chi connectivity index (χ2n) is 6.06. The van der Waals surface area contributed by atoms with Gasteiger partial charge < -0.3 is 10.1 Å². The fourth-order valence-corrected chi connectivity index (χ4v) is 2.70. The summed E-state index contributed by atoms with van der Waals surface area (Å²) in [7, 11) is 0. The van der Waals surface area contributed by atoms with Crippen molar-refractivity contribution in [2.75, 3.05) is 11.9 Å². The van der Waals surface area contributed by atoms with E-state index in [4.69, 9.17) is 4.74 Å². The van der Waals surface area contributed by atoms with Crippen molar-refractivity contribution in [1.82, 2.24) is 15.0 Å². The fraction of sp³-hybridized carbons (Fsp3) is 0.250. The molecule has 1 N–H and O–H groups in total. The fourth-order valence-electron chi connectivity index (χ4n) is 2.70. The highest BCUT2D eigenvalue weighted by Crippen LogP contribution is 2.20. The summed E-state index contributed by atoms with van der Waals surface area (Å²) < 4.78 is 7.09. The Hall–Kier alpha value is -3.15. The summed E-state index contributed by atoms with van der Waals surface area (Å²) in [6.45, 7) is 8.38. The molecule has 0 spiro atoms. The number of benzene rings is 2. The first kappa shape index (κ1) is 17.7. The predicted octanol–water partition coefficient (Wildman–Crippen LogP) is 3.84. The van der Waals surface area contributed by atoms with Crippen molar-refractivity contribution in [3.63, 3.8) is 0 Å². The van der Waals surface area contributed by atoms with Gasteiger partial charge in [-0.3, -0.25) is 4.79 Å². The van der Waals surface area contributed by atoms with E-state index in [0.717, 1.165) is 28.3 Å². The van der Waals surface area contributed by atoms with Gasteiger partial charge in [0.25, 0.3) is 5.91 Å². The summed E-state index contributed by atoms with van der Waals surface area (Å²) in [4.78, 5) is 12.6. The topological polar surface area (TPSA) is 69.0 Å². The smallest absolute Gasteiger partial charge is 0.278 e. The lowest BCUT2D eigenvalue weighted by molar-refractivity contribution is 0.102. The zero-order chi connectivity index (χ0) is 18.7. The molecule has 0 saturated heterocycles. The third-order valence-electron chi connectivity index (χ3n) is 4.35. The van der Waals surface area contributed by atoms with Gasteiger partial charge in [0, 0.05) is 5.69 Å². The van der Waals surface area contributed by atoms with E-state index in [1.807, 2.05) is 70.2 Å². The largest absolute Gasteiger partial charge is 0.494 e. The number of ether oxygens (including phenoxy) is 1. The summed E-state index contributed by atoms with van der Waals surface area (Å²) in [5, 5.41) is 11.1. The second kappa shape index (κ2) is 7.39. The molecule has 26 heavy (non-hydrogen) atoms. The highest BCUT2D eigenvalue weighted by Gasteiger charge is 2.18. The monoisotopic (exact) mass is 350 g/mol. The maximum absolute atomic E-state index is 12.6. The molecule has 0 aliphatic heterocycles. The first-order chi connectivity index (χ1) is 12.5. The third-order valence-corrected chi connectivity index (χ3v) is 4.35. The Bertz CT molecular complexity index is 929. The van der Waals surface area contributed by atoms with Crippen LogP contribution in [0.1, 0.15) is 34.2 Å². The molecule has 0 saturated carbocycles. The maximum Gasteiger partial charge on any atom is 0.278 e. The van der Waals surface area contributed by atoms with E-state index in [0.29, 0.717) is 18.0 Å². The van der Waals surface area contributed by atoms with E-state index >= 15 is 0 Å². The Labute approximate surface area is 152 Å². The van der Waals surface area contributed by atoms with E-state index in [1.165, 1.54) is 0 Å². The molecule has 0 unspecified atom stereocenters. The van der Waals surface area contributed by atoms with Gasteiger partial charge in [0.1, 0.15) is 5.75 Å². The van der Waals surface area contributed by atoms with Gasteiger partial charge in [-0.2, -0.15) is 0 Å². The Morgan fingerprint density at radius 2 is 1.85 bits per heavy atom. The quantitative estimate of drug-likeness (QED) is 0.759. The number of aryl methyl sites for hydroxylation is 1. The number of nitrogens with one attached hydrogen (secondary N) is 1. The molecule has 6 heteroatoms. The van der Waals surface area contributed by atoms with Crippen molar-refractivity contribution in [2.45, 2.75) is 27.7 Å². The molecule has 0 bridgehead atoms. The first-order valence-electron chi connectivity index (χ1n) is 8.54. The van der Waals surface area contributed by atoms with Gasteiger partial charge in [-0.1, -0.05) is 17.3 Å². The van der Waals surface area contributed by atoms with Crippen LogP contribution in [0.2, 0.25) is 0 Å². The average Bonchev–Trinajstić information content (AvgIpc) is 3.01. The van der Waals surface area contributed by atoms with Crippen LogP contribution in [-0.4, -0.2) is 27.5 Å². The van der Waals surface area contributed by atoms with Crippen LogP contribution in [0.15, 0.2) is 42.5 Å². The van der Waals surface area contributed by atoms with E-state index in [9.17, 15) is 4.79 Å². The molecule has 6 nitrogen and oxygen atoms in total. The molecule has 0 radical (unpaired) electrons. The number of aromatic nitrogens is 3. The summed E-state index contributed by atoms with van der Waals surface area (Å²) in [6.07, 6.45) is 0. The summed E-state index contributed by atoms with van der Waals surface area (Å²) >= 11 is 0. The van der Waals surface area contributed by atoms with E-state index < -0.39 is 0 Å². The lowest BCUT2D eigenvalue weighted by Gasteiger charge is -2.10. The van der Waals surface area contributed by atoms with Crippen LogP contribution < -0.4 is 10.1 Å². The number of hydrogen-bond donors (Lipinski definition) is 1. The van der Waals surface area contributed by atoms with E-state index in [1.54, 1.807) is 4.68 Å². The Morgan fingerprint density at radius 1 is 1.12 bits per heavy atom. The van der Waals surface area contributed by atoms with Crippen molar-refractivity contribution in [2.24, 2.45) is 0 Å². The minimum Gasteiger partial charge on any atom is -0.494 e. The molecular weight excluding hydrogens is 328 g/mol. The molecule has 134 valence electrons. The Balaban J connectivity index is 1.84. The summed E-state index contributed by atoms with van der Waals surface area (Å²) in [5.41, 5.74) is 4.75. The van der Waals surface area contributed by atoms with E-state index in [2.05, 4.69) is 15.6 Å². The second-order valence-corrected chi connectivity index (χ2v) is 6.06. The van der Waals surface area contributed by atoms with Crippen molar-refractivity contribution in [3.05, 3.63) is 65.0 Å². The molecule has 0 fully saturated rings. The number of carbonyl (C=O) groups is 1. The van der Waals surface area contributed by atoms with Crippen LogP contribution in [0.3, 0.4) is 0 Å². The SMILES string of the molecule is CCOc1ccc(-n2nnc(C(=O)Nc3cccc(C)c3C)c2C)cc1. The molecule has 0 aliphatic rings. The molecule has 3 rings (SSSR count). The summed E-state index contributed by atoms with van der Waals surface area (Å²) in [6, 6.07) is 13.3. The lowest BCUT2D eigenvalue weighted by Crippen LogP contribution is -2.15. The average molecular weight is 350 g/mol. The van der Waals surface area contributed by atoms with Gasteiger partial charge in [0.2, 0.25) is 0 Å². The predicted molar refractivity (Wildman–Crippen MR) is 101 cm³/mol. The highest BCUT2D eigenvalue weighted by molar-refractivity contribution is 6.04. The number of anilines is 1. The van der Waals surface area contributed by atoms with Crippen LogP contribution in [0.4, 0.5) is 5.69 Å². The molecule has 1 aromatic heterocycles. The minimum absolute atomic E-state index is 0.270. The molecule has 2 aromatic carbocycles. The molecule has 3 aromatic rings. The number of nitrogens with zero attached hydrogens (tertiary/aromatic N) is 3. The maximum atomic E-state index is 12.6. The molecule has 1 amide bonds. The van der Waals surface area contributed by atoms with Crippen LogP contribution >= 0.6 is 0 Å². The lowest BCUT2D eigenvalue weighted by atomic mass is 10.1. The van der Waals surface area contributed by atoms with Crippen molar-refractivity contribution >= 4 is 11.6 Å². The zero-order valence-corrected chi connectivity index (χ0v) is 15.4. The number of hydrogen-bond acceptors (Lipinski definition) is 4. The molecular formula is C20H22N4O2. The number of carbonyl (C=O) groups excluding carboxylic acids is 1.